The summed E-state index contributed by atoms with van der Waals surface area (Å²) in [6.07, 6.45) is -4.54. The Morgan fingerprint density at radius 1 is 1.14 bits per heavy atom. The average molecular weight is 390 g/mol. The lowest BCUT2D eigenvalue weighted by Gasteiger charge is -2.19. The van der Waals surface area contributed by atoms with Crippen LogP contribution in [0.25, 0.3) is 0 Å². The van der Waals surface area contributed by atoms with E-state index in [1.54, 1.807) is 0 Å². The van der Waals surface area contributed by atoms with E-state index >= 15 is 0 Å². The highest BCUT2D eigenvalue weighted by molar-refractivity contribution is 6.00. The van der Waals surface area contributed by atoms with Crippen molar-refractivity contribution in [2.45, 2.75) is 18.6 Å². The molecule has 2 aliphatic rings. The van der Waals surface area contributed by atoms with Gasteiger partial charge in [0.1, 0.15) is 12.4 Å². The van der Waals surface area contributed by atoms with E-state index in [4.69, 9.17) is 4.74 Å². The number of alkyl halides is 3. The Balaban J connectivity index is 1.46. The Morgan fingerprint density at radius 3 is 2.71 bits per heavy atom. The minimum Gasteiger partial charge on any atom is -0.491 e. The summed E-state index contributed by atoms with van der Waals surface area (Å²) in [5, 5.41) is 2.88. The number of carbonyl (C=O) groups is 2. The second kappa shape index (κ2) is 6.85. The second-order valence-corrected chi connectivity index (χ2v) is 6.86. The van der Waals surface area contributed by atoms with Gasteiger partial charge in [-0.3, -0.25) is 9.59 Å². The maximum atomic E-state index is 12.9. The van der Waals surface area contributed by atoms with E-state index in [1.165, 1.54) is 17.0 Å². The number of fused-ring (bicyclic) bond motifs is 1. The number of hydrogen-bond acceptors (Lipinski definition) is 3. The molecule has 5 nitrogen and oxygen atoms in total. The SMILES string of the molecule is O=C(N[C@@H]1COc2ccccc21)[C@H]1CC(=O)N(c2cccc(C(F)(F)F)c2)C1. The molecule has 1 fully saturated rings. The molecular weight excluding hydrogens is 373 g/mol. The lowest BCUT2D eigenvalue weighted by atomic mass is 10.1. The van der Waals surface area contributed by atoms with Crippen LogP contribution in [0, 0.1) is 5.92 Å². The first-order valence-corrected chi connectivity index (χ1v) is 8.82. The molecule has 2 aromatic rings. The van der Waals surface area contributed by atoms with Crippen molar-refractivity contribution in [2.75, 3.05) is 18.1 Å². The molecule has 28 heavy (non-hydrogen) atoms. The molecule has 0 saturated carbocycles. The molecule has 0 unspecified atom stereocenters. The predicted octanol–water partition coefficient (Wildman–Crippen LogP) is 3.31. The molecule has 0 aliphatic carbocycles. The van der Waals surface area contributed by atoms with Crippen LogP contribution in [0.15, 0.2) is 48.5 Å². The van der Waals surface area contributed by atoms with Crippen molar-refractivity contribution in [3.05, 3.63) is 59.7 Å². The number of anilines is 1. The summed E-state index contributed by atoms with van der Waals surface area (Å²) in [7, 11) is 0. The summed E-state index contributed by atoms with van der Waals surface area (Å²) in [5.74, 6) is -0.605. The summed E-state index contributed by atoms with van der Waals surface area (Å²) < 4.78 is 44.3. The number of ether oxygens (including phenoxy) is 1. The summed E-state index contributed by atoms with van der Waals surface area (Å²) in [5.41, 5.74) is 0.185. The van der Waals surface area contributed by atoms with Crippen LogP contribution >= 0.6 is 0 Å². The minimum atomic E-state index is -4.49. The molecule has 1 saturated heterocycles. The van der Waals surface area contributed by atoms with Gasteiger partial charge in [-0.25, -0.2) is 0 Å². The van der Waals surface area contributed by atoms with Gasteiger partial charge in [0.15, 0.2) is 0 Å². The number of benzene rings is 2. The summed E-state index contributed by atoms with van der Waals surface area (Å²) >= 11 is 0. The number of amides is 2. The van der Waals surface area contributed by atoms with Crippen molar-refractivity contribution >= 4 is 17.5 Å². The fourth-order valence-corrected chi connectivity index (χ4v) is 3.55. The molecule has 146 valence electrons. The Labute approximate surface area is 159 Å². The third-order valence-electron chi connectivity index (χ3n) is 5.00. The Bertz CT molecular complexity index is 929. The largest absolute Gasteiger partial charge is 0.491 e. The normalized spacial score (nSPS) is 21.4. The molecule has 8 heteroatoms. The number of hydrogen-bond donors (Lipinski definition) is 1. The fourth-order valence-electron chi connectivity index (χ4n) is 3.55. The highest BCUT2D eigenvalue weighted by atomic mass is 19.4. The van der Waals surface area contributed by atoms with Gasteiger partial charge in [-0.2, -0.15) is 13.2 Å². The van der Waals surface area contributed by atoms with Gasteiger partial charge in [-0.15, -0.1) is 0 Å². The van der Waals surface area contributed by atoms with Crippen molar-refractivity contribution in [3.63, 3.8) is 0 Å². The maximum absolute atomic E-state index is 12.9. The van der Waals surface area contributed by atoms with Crippen LogP contribution < -0.4 is 15.0 Å². The van der Waals surface area contributed by atoms with Crippen LogP contribution in [0.4, 0.5) is 18.9 Å². The van der Waals surface area contributed by atoms with Crippen LogP contribution in [-0.4, -0.2) is 25.0 Å². The smallest absolute Gasteiger partial charge is 0.416 e. The van der Waals surface area contributed by atoms with Gasteiger partial charge in [-0.05, 0) is 24.3 Å². The number of para-hydroxylation sites is 1. The maximum Gasteiger partial charge on any atom is 0.416 e. The van der Waals surface area contributed by atoms with E-state index in [9.17, 15) is 22.8 Å². The van der Waals surface area contributed by atoms with E-state index in [0.717, 1.165) is 17.7 Å². The van der Waals surface area contributed by atoms with E-state index in [1.807, 2.05) is 24.3 Å². The molecular formula is C20H17F3N2O3. The first-order chi connectivity index (χ1) is 13.3. The molecule has 2 aromatic carbocycles. The summed E-state index contributed by atoms with van der Waals surface area (Å²) in [6, 6.07) is 11.6. The van der Waals surface area contributed by atoms with Crippen molar-refractivity contribution in [1.82, 2.24) is 5.32 Å². The van der Waals surface area contributed by atoms with Crippen LogP contribution in [0.2, 0.25) is 0 Å². The molecule has 2 atom stereocenters. The van der Waals surface area contributed by atoms with Crippen molar-refractivity contribution in [3.8, 4) is 5.75 Å². The van der Waals surface area contributed by atoms with Crippen LogP contribution in [-0.2, 0) is 15.8 Å². The molecule has 0 spiro atoms. The molecule has 0 bridgehead atoms. The lowest BCUT2D eigenvalue weighted by Crippen LogP contribution is -2.36. The van der Waals surface area contributed by atoms with Crippen molar-refractivity contribution < 1.29 is 27.5 Å². The zero-order valence-electron chi connectivity index (χ0n) is 14.7. The highest BCUT2D eigenvalue weighted by Crippen LogP contribution is 2.35. The molecule has 4 rings (SSSR count). The van der Waals surface area contributed by atoms with E-state index < -0.39 is 17.7 Å². The van der Waals surface area contributed by atoms with Gasteiger partial charge in [0.2, 0.25) is 11.8 Å². The molecule has 1 N–H and O–H groups in total. The zero-order chi connectivity index (χ0) is 19.9. The minimum absolute atomic E-state index is 0.0429. The summed E-state index contributed by atoms with van der Waals surface area (Å²) in [4.78, 5) is 26.2. The van der Waals surface area contributed by atoms with E-state index in [-0.39, 0.29) is 36.5 Å². The summed E-state index contributed by atoms with van der Waals surface area (Å²) in [6.45, 7) is 0.351. The van der Waals surface area contributed by atoms with Gasteiger partial charge in [0.05, 0.1) is 17.5 Å². The number of rotatable bonds is 3. The van der Waals surface area contributed by atoms with Gasteiger partial charge in [-0.1, -0.05) is 24.3 Å². The number of nitrogens with one attached hydrogen (secondary N) is 1. The van der Waals surface area contributed by atoms with Gasteiger partial charge >= 0.3 is 6.18 Å². The quantitative estimate of drug-likeness (QED) is 0.875. The molecule has 0 radical (unpaired) electrons. The Hall–Kier alpha value is -3.03. The van der Waals surface area contributed by atoms with Gasteiger partial charge in [0, 0.05) is 24.2 Å². The Kier molecular flexibility index (Phi) is 4.49. The van der Waals surface area contributed by atoms with E-state index in [0.29, 0.717) is 12.4 Å². The standard InChI is InChI=1S/C20H17F3N2O3/c21-20(22,23)13-4-3-5-14(9-13)25-10-12(8-18(25)26)19(27)24-16-11-28-17-7-2-1-6-15(16)17/h1-7,9,12,16H,8,10-11H2,(H,24,27)/t12-,16+/m0/s1. The zero-order valence-corrected chi connectivity index (χ0v) is 14.7. The Morgan fingerprint density at radius 2 is 1.93 bits per heavy atom. The van der Waals surface area contributed by atoms with Crippen LogP contribution in [0.1, 0.15) is 23.6 Å². The van der Waals surface area contributed by atoms with Gasteiger partial charge < -0.3 is 15.0 Å². The third kappa shape index (κ3) is 3.42. The van der Waals surface area contributed by atoms with E-state index in [2.05, 4.69) is 5.32 Å². The number of nitrogens with zero attached hydrogens (tertiary/aromatic N) is 1. The lowest BCUT2D eigenvalue weighted by molar-refractivity contribution is -0.137. The third-order valence-corrected chi connectivity index (χ3v) is 5.00. The topological polar surface area (TPSA) is 58.6 Å². The molecule has 2 amide bonds. The first kappa shape index (κ1) is 18.3. The predicted molar refractivity (Wildman–Crippen MR) is 94.7 cm³/mol. The highest BCUT2D eigenvalue weighted by Gasteiger charge is 2.38. The van der Waals surface area contributed by atoms with Gasteiger partial charge in [0.25, 0.3) is 0 Å². The number of carbonyl (C=O) groups excluding carboxylic acids is 2. The van der Waals surface area contributed by atoms with Crippen LogP contribution in [0.3, 0.4) is 0 Å². The monoisotopic (exact) mass is 390 g/mol. The molecule has 0 aromatic heterocycles. The van der Waals surface area contributed by atoms with Crippen molar-refractivity contribution in [2.24, 2.45) is 5.92 Å². The van der Waals surface area contributed by atoms with Crippen molar-refractivity contribution in [1.29, 1.82) is 0 Å². The first-order valence-electron chi connectivity index (χ1n) is 8.82. The number of halogens is 3. The second-order valence-electron chi connectivity index (χ2n) is 6.86. The average Bonchev–Trinajstić information content (AvgIpc) is 3.25. The van der Waals surface area contributed by atoms with Crippen LogP contribution in [0.5, 0.6) is 5.75 Å². The molecule has 2 aliphatic heterocycles. The fraction of sp³-hybridized carbons (Fsp3) is 0.300. The molecule has 2 heterocycles.